The van der Waals surface area contributed by atoms with Gasteiger partial charge in [-0.05, 0) is 52.4 Å². The lowest BCUT2D eigenvalue weighted by Crippen LogP contribution is -2.00. The molecule has 0 aliphatic rings. The molecule has 4 heteroatoms. The van der Waals surface area contributed by atoms with E-state index in [9.17, 15) is 9.90 Å². The molecule has 0 saturated carbocycles. The molecule has 2 nitrogen and oxygen atoms in total. The summed E-state index contributed by atoms with van der Waals surface area (Å²) in [6.45, 7) is 0. The molecule has 0 aliphatic carbocycles. The molecule has 1 N–H and O–H groups in total. The first-order valence-electron chi connectivity index (χ1n) is 5.53. The Morgan fingerprint density at radius 3 is 2.42 bits per heavy atom. The predicted molar refractivity (Wildman–Crippen MR) is 89.2 cm³/mol. The topological polar surface area (TPSA) is 37.3 Å². The van der Waals surface area contributed by atoms with Crippen LogP contribution in [0.15, 0.2) is 46.9 Å². The molecular formula is C15H10BrIO2. The number of carbonyl (C=O) groups is 1. The zero-order chi connectivity index (χ0) is 13.8. The van der Waals surface area contributed by atoms with Crippen LogP contribution in [0.25, 0.3) is 12.2 Å². The Morgan fingerprint density at radius 2 is 1.79 bits per heavy atom. The van der Waals surface area contributed by atoms with Gasteiger partial charge in [-0.1, -0.05) is 46.3 Å². The molecule has 0 atom stereocenters. The van der Waals surface area contributed by atoms with Crippen molar-refractivity contribution in [2.24, 2.45) is 0 Å². The van der Waals surface area contributed by atoms with Crippen LogP contribution in [-0.2, 0) is 0 Å². The van der Waals surface area contributed by atoms with E-state index in [4.69, 9.17) is 0 Å². The number of hydrogen-bond donors (Lipinski definition) is 1. The van der Waals surface area contributed by atoms with Crippen LogP contribution in [0.1, 0.15) is 21.5 Å². The Hall–Kier alpha value is -1.14. The minimum atomic E-state index is -0.908. The Bertz CT molecular complexity index is 633. The second kappa shape index (κ2) is 6.34. The largest absolute Gasteiger partial charge is 0.478 e. The van der Waals surface area contributed by atoms with Gasteiger partial charge < -0.3 is 5.11 Å². The Morgan fingerprint density at radius 1 is 1.11 bits per heavy atom. The van der Waals surface area contributed by atoms with Crippen LogP contribution in [0, 0.1) is 3.57 Å². The number of rotatable bonds is 3. The van der Waals surface area contributed by atoms with Gasteiger partial charge in [0.15, 0.2) is 0 Å². The molecule has 0 bridgehead atoms. The van der Waals surface area contributed by atoms with Crippen LogP contribution in [0.4, 0.5) is 0 Å². The third-order valence-electron chi connectivity index (χ3n) is 2.60. The van der Waals surface area contributed by atoms with E-state index in [1.165, 1.54) is 0 Å². The van der Waals surface area contributed by atoms with E-state index in [1.54, 1.807) is 12.1 Å². The van der Waals surface area contributed by atoms with Gasteiger partial charge in [0.25, 0.3) is 0 Å². The Labute approximate surface area is 133 Å². The van der Waals surface area contributed by atoms with Crippen molar-refractivity contribution in [3.8, 4) is 0 Å². The van der Waals surface area contributed by atoms with Crippen LogP contribution < -0.4 is 0 Å². The number of hydrogen-bond acceptors (Lipinski definition) is 1. The second-order valence-electron chi connectivity index (χ2n) is 3.89. The molecule has 0 spiro atoms. The molecule has 2 rings (SSSR count). The van der Waals surface area contributed by atoms with Gasteiger partial charge in [-0.15, -0.1) is 0 Å². The van der Waals surface area contributed by atoms with E-state index in [-0.39, 0.29) is 0 Å². The molecule has 0 aliphatic heterocycles. The molecule has 0 heterocycles. The highest BCUT2D eigenvalue weighted by atomic mass is 127. The van der Waals surface area contributed by atoms with Gasteiger partial charge in [0.2, 0.25) is 0 Å². The molecule has 0 radical (unpaired) electrons. The summed E-state index contributed by atoms with van der Waals surface area (Å²) >= 11 is 5.53. The monoisotopic (exact) mass is 428 g/mol. The summed E-state index contributed by atoms with van der Waals surface area (Å²) in [7, 11) is 0. The van der Waals surface area contributed by atoms with E-state index >= 15 is 0 Å². The number of halogens is 2. The zero-order valence-electron chi connectivity index (χ0n) is 9.81. The summed E-state index contributed by atoms with van der Waals surface area (Å²) in [6.07, 6.45) is 3.75. The molecule has 2 aromatic carbocycles. The van der Waals surface area contributed by atoms with E-state index in [0.717, 1.165) is 19.2 Å². The molecular weight excluding hydrogens is 419 g/mol. The molecule has 0 aromatic heterocycles. The van der Waals surface area contributed by atoms with Gasteiger partial charge in [0, 0.05) is 13.6 Å². The van der Waals surface area contributed by atoms with Gasteiger partial charge in [-0.2, -0.15) is 0 Å². The first kappa shape index (κ1) is 14.3. The SMILES string of the molecule is O=C(O)c1cccc(I)c1C=Cc1ccc(Br)cc1. The van der Waals surface area contributed by atoms with E-state index in [1.807, 2.05) is 42.5 Å². The van der Waals surface area contributed by atoms with Gasteiger partial charge in [0.05, 0.1) is 5.56 Å². The summed E-state index contributed by atoms with van der Waals surface area (Å²) in [5.74, 6) is -0.908. The fraction of sp³-hybridized carbons (Fsp3) is 0. The van der Waals surface area contributed by atoms with E-state index in [0.29, 0.717) is 5.56 Å². The van der Waals surface area contributed by atoms with Crippen molar-refractivity contribution in [3.05, 3.63) is 67.2 Å². The summed E-state index contributed by atoms with van der Waals surface area (Å²) < 4.78 is 1.94. The van der Waals surface area contributed by atoms with Gasteiger partial charge in [0.1, 0.15) is 0 Å². The van der Waals surface area contributed by atoms with Crippen molar-refractivity contribution in [3.63, 3.8) is 0 Å². The first-order valence-corrected chi connectivity index (χ1v) is 7.40. The zero-order valence-corrected chi connectivity index (χ0v) is 13.6. The highest BCUT2D eigenvalue weighted by molar-refractivity contribution is 14.1. The normalized spacial score (nSPS) is 10.8. The fourth-order valence-corrected chi connectivity index (χ4v) is 2.59. The van der Waals surface area contributed by atoms with E-state index in [2.05, 4.69) is 38.5 Å². The van der Waals surface area contributed by atoms with Crippen molar-refractivity contribution < 1.29 is 9.90 Å². The van der Waals surface area contributed by atoms with Crippen LogP contribution >= 0.6 is 38.5 Å². The summed E-state index contributed by atoms with van der Waals surface area (Å²) in [4.78, 5) is 11.2. The average Bonchev–Trinajstić information content (AvgIpc) is 2.39. The minimum Gasteiger partial charge on any atom is -0.478 e. The van der Waals surface area contributed by atoms with Gasteiger partial charge in [-0.3, -0.25) is 0 Å². The number of carboxylic acid groups (broad SMARTS) is 1. The quantitative estimate of drug-likeness (QED) is 0.556. The molecule has 0 saturated heterocycles. The highest BCUT2D eigenvalue weighted by Crippen LogP contribution is 2.20. The summed E-state index contributed by atoms with van der Waals surface area (Å²) in [5.41, 5.74) is 2.08. The van der Waals surface area contributed by atoms with Crippen LogP contribution in [0.3, 0.4) is 0 Å². The summed E-state index contributed by atoms with van der Waals surface area (Å²) in [6, 6.07) is 13.1. The standard InChI is InChI=1S/C15H10BrIO2/c16-11-7-4-10(5-8-11)6-9-12-13(15(18)19)2-1-3-14(12)17/h1-9H,(H,18,19). The third kappa shape index (κ3) is 3.67. The highest BCUT2D eigenvalue weighted by Gasteiger charge is 2.09. The Balaban J connectivity index is 2.37. The smallest absolute Gasteiger partial charge is 0.336 e. The van der Waals surface area contributed by atoms with Crippen molar-refractivity contribution in [2.75, 3.05) is 0 Å². The number of carboxylic acids is 1. The number of aromatic carboxylic acids is 1. The average molecular weight is 429 g/mol. The van der Waals surface area contributed by atoms with Crippen molar-refractivity contribution in [1.29, 1.82) is 0 Å². The van der Waals surface area contributed by atoms with Crippen LogP contribution in [-0.4, -0.2) is 11.1 Å². The predicted octanol–water partition coefficient (Wildman–Crippen LogP) is 4.92. The maximum Gasteiger partial charge on any atom is 0.336 e. The number of benzene rings is 2. The first-order chi connectivity index (χ1) is 9.08. The molecule has 0 unspecified atom stereocenters. The van der Waals surface area contributed by atoms with E-state index < -0.39 is 5.97 Å². The lowest BCUT2D eigenvalue weighted by molar-refractivity contribution is 0.0696. The van der Waals surface area contributed by atoms with Gasteiger partial charge >= 0.3 is 5.97 Å². The summed E-state index contributed by atoms with van der Waals surface area (Å²) in [5, 5.41) is 9.18. The lowest BCUT2D eigenvalue weighted by atomic mass is 10.1. The maximum atomic E-state index is 11.2. The van der Waals surface area contributed by atoms with Crippen LogP contribution in [0.2, 0.25) is 0 Å². The maximum absolute atomic E-state index is 11.2. The van der Waals surface area contributed by atoms with Crippen LogP contribution in [0.5, 0.6) is 0 Å². The minimum absolute atomic E-state index is 0.320. The lowest BCUT2D eigenvalue weighted by Gasteiger charge is -2.03. The Kier molecular flexibility index (Phi) is 4.76. The second-order valence-corrected chi connectivity index (χ2v) is 5.97. The molecule has 0 fully saturated rings. The van der Waals surface area contributed by atoms with Gasteiger partial charge in [-0.25, -0.2) is 4.79 Å². The fourth-order valence-electron chi connectivity index (χ4n) is 1.65. The van der Waals surface area contributed by atoms with Crippen molar-refractivity contribution in [2.45, 2.75) is 0 Å². The molecule has 0 amide bonds. The molecule has 96 valence electrons. The van der Waals surface area contributed by atoms with Crippen molar-refractivity contribution in [1.82, 2.24) is 0 Å². The molecule has 19 heavy (non-hydrogen) atoms. The molecule has 2 aromatic rings. The van der Waals surface area contributed by atoms with Crippen molar-refractivity contribution >= 4 is 56.6 Å². The third-order valence-corrected chi connectivity index (χ3v) is 4.07.